The Hall–Kier alpha value is -3.24. The minimum atomic E-state index is 0.150. The fraction of sp³-hybridized carbons (Fsp3) is 0.355. The zero-order valence-corrected chi connectivity index (χ0v) is 21.2. The Morgan fingerprint density at radius 1 is 1.09 bits per heavy atom. The molecule has 4 nitrogen and oxygen atoms in total. The van der Waals surface area contributed by atoms with E-state index in [1.165, 1.54) is 33.4 Å². The van der Waals surface area contributed by atoms with Gasteiger partial charge in [0.15, 0.2) is 0 Å². The molecule has 1 amide bonds. The van der Waals surface area contributed by atoms with Crippen LogP contribution >= 0.6 is 0 Å². The van der Waals surface area contributed by atoms with Crippen molar-refractivity contribution in [2.45, 2.75) is 52.5 Å². The third-order valence-electron chi connectivity index (χ3n) is 7.69. The smallest absolute Gasteiger partial charge is 0.231 e. The molecule has 0 spiro atoms. The van der Waals surface area contributed by atoms with Crippen molar-refractivity contribution in [2.24, 2.45) is 0 Å². The molecule has 0 N–H and O–H groups in total. The Bertz CT molecular complexity index is 1280. The van der Waals surface area contributed by atoms with Gasteiger partial charge in [0.1, 0.15) is 0 Å². The molecular weight excluding hydrogens is 430 g/mol. The molecule has 1 aliphatic carbocycles. The summed E-state index contributed by atoms with van der Waals surface area (Å²) in [5, 5.41) is 0. The van der Waals surface area contributed by atoms with Crippen LogP contribution in [-0.2, 0) is 30.6 Å². The van der Waals surface area contributed by atoms with Gasteiger partial charge in [-0.25, -0.2) is 0 Å². The number of likely N-dealkylation sites (N-methyl/N-ethyl adjacent to an activating group) is 1. The van der Waals surface area contributed by atoms with Crippen LogP contribution in [0, 0.1) is 6.92 Å². The van der Waals surface area contributed by atoms with E-state index in [1.54, 1.807) is 4.90 Å². The summed E-state index contributed by atoms with van der Waals surface area (Å²) >= 11 is 0. The summed E-state index contributed by atoms with van der Waals surface area (Å²) in [5.74, 6) is 0.150. The Morgan fingerprint density at radius 3 is 2.71 bits per heavy atom. The summed E-state index contributed by atoms with van der Waals surface area (Å²) in [6.45, 7) is 11.8. The monoisotopic (exact) mass is 465 g/mol. The number of rotatable bonds is 8. The number of hydrogen-bond acceptors (Lipinski definition) is 3. The van der Waals surface area contributed by atoms with Crippen molar-refractivity contribution in [3.63, 3.8) is 0 Å². The number of nitrogens with zero attached hydrogens (tertiary/aromatic N) is 3. The van der Waals surface area contributed by atoms with Crippen LogP contribution in [0.15, 0.2) is 55.2 Å². The van der Waals surface area contributed by atoms with Crippen LogP contribution in [-0.4, -0.2) is 35.9 Å². The highest BCUT2D eigenvalue weighted by Crippen LogP contribution is 2.34. The number of benzene rings is 2. The third-order valence-corrected chi connectivity index (χ3v) is 7.69. The van der Waals surface area contributed by atoms with Crippen LogP contribution < -0.4 is 4.90 Å². The fourth-order valence-corrected chi connectivity index (χ4v) is 5.55. The van der Waals surface area contributed by atoms with Crippen molar-refractivity contribution in [3.05, 3.63) is 88.6 Å². The Labute approximate surface area is 209 Å². The topological polar surface area (TPSA) is 36.4 Å². The highest BCUT2D eigenvalue weighted by molar-refractivity contribution is 6.01. The normalized spacial score (nSPS) is 14.7. The molecule has 2 heterocycles. The van der Waals surface area contributed by atoms with Crippen molar-refractivity contribution in [3.8, 4) is 11.3 Å². The number of anilines is 1. The Balaban J connectivity index is 1.26. The van der Waals surface area contributed by atoms with Gasteiger partial charge in [0.2, 0.25) is 5.91 Å². The van der Waals surface area contributed by atoms with Crippen molar-refractivity contribution in [1.82, 2.24) is 9.88 Å². The van der Waals surface area contributed by atoms with Crippen LogP contribution in [0.3, 0.4) is 0 Å². The zero-order chi connectivity index (χ0) is 24.5. The number of carbonyl (C=O) groups is 1. The fourth-order valence-electron chi connectivity index (χ4n) is 5.55. The second-order valence-electron chi connectivity index (χ2n) is 10.0. The minimum absolute atomic E-state index is 0.150. The second-order valence-corrected chi connectivity index (χ2v) is 10.0. The lowest BCUT2D eigenvalue weighted by Gasteiger charge is -2.23. The van der Waals surface area contributed by atoms with Gasteiger partial charge in [-0.05, 0) is 90.2 Å². The molecule has 2 aliphatic rings. The third kappa shape index (κ3) is 4.68. The first kappa shape index (κ1) is 23.5. The van der Waals surface area contributed by atoms with Crippen LogP contribution in [0.2, 0.25) is 0 Å². The highest BCUT2D eigenvalue weighted by Gasteiger charge is 2.24. The van der Waals surface area contributed by atoms with Gasteiger partial charge in [-0.15, -0.1) is 0 Å². The number of allylic oxidation sites excluding steroid dienone is 1. The average molecular weight is 466 g/mol. The molecule has 0 unspecified atom stereocenters. The van der Waals surface area contributed by atoms with Gasteiger partial charge in [-0.3, -0.25) is 14.7 Å². The van der Waals surface area contributed by atoms with Gasteiger partial charge in [0, 0.05) is 37.6 Å². The summed E-state index contributed by atoms with van der Waals surface area (Å²) in [6, 6.07) is 15.1. The van der Waals surface area contributed by atoms with E-state index in [4.69, 9.17) is 4.98 Å². The van der Waals surface area contributed by atoms with Crippen LogP contribution in [0.4, 0.5) is 5.69 Å². The predicted molar refractivity (Wildman–Crippen MR) is 145 cm³/mol. The van der Waals surface area contributed by atoms with Crippen molar-refractivity contribution >= 4 is 17.2 Å². The summed E-state index contributed by atoms with van der Waals surface area (Å²) in [6.07, 6.45) is 6.94. The van der Waals surface area contributed by atoms with E-state index in [0.29, 0.717) is 6.42 Å². The lowest BCUT2D eigenvalue weighted by molar-refractivity contribution is -0.117. The van der Waals surface area contributed by atoms with Gasteiger partial charge in [-0.1, -0.05) is 43.8 Å². The quantitative estimate of drug-likeness (QED) is 0.410. The molecule has 0 radical (unpaired) electrons. The van der Waals surface area contributed by atoms with Gasteiger partial charge in [0.25, 0.3) is 0 Å². The van der Waals surface area contributed by atoms with Crippen LogP contribution in [0.5, 0.6) is 0 Å². The van der Waals surface area contributed by atoms with Gasteiger partial charge < -0.3 is 4.90 Å². The van der Waals surface area contributed by atoms with E-state index in [-0.39, 0.29) is 5.91 Å². The van der Waals surface area contributed by atoms with E-state index in [0.717, 1.165) is 67.8 Å². The molecule has 2 aromatic carbocycles. The minimum Gasteiger partial charge on any atom is -0.315 e. The molecule has 0 fully saturated rings. The highest BCUT2D eigenvalue weighted by atomic mass is 16.2. The Kier molecular flexibility index (Phi) is 6.57. The molecular formula is C31H35N3O. The molecule has 35 heavy (non-hydrogen) atoms. The largest absolute Gasteiger partial charge is 0.315 e. The average Bonchev–Trinajstić information content (AvgIpc) is 3.38. The number of aromatic nitrogens is 1. The van der Waals surface area contributed by atoms with E-state index in [1.807, 2.05) is 13.2 Å². The first-order valence-corrected chi connectivity index (χ1v) is 12.8. The molecule has 0 bridgehead atoms. The molecule has 0 saturated carbocycles. The molecule has 1 aliphatic heterocycles. The summed E-state index contributed by atoms with van der Waals surface area (Å²) in [5.41, 5.74) is 12.4. The predicted octanol–water partition coefficient (Wildman–Crippen LogP) is 5.99. The molecule has 4 heteroatoms. The van der Waals surface area contributed by atoms with Crippen LogP contribution in [0.1, 0.15) is 53.1 Å². The van der Waals surface area contributed by atoms with E-state index >= 15 is 0 Å². The number of hydrogen-bond donors (Lipinski definition) is 0. The lowest BCUT2D eigenvalue weighted by Crippen LogP contribution is -2.27. The molecule has 5 rings (SSSR count). The van der Waals surface area contributed by atoms with Crippen molar-refractivity contribution in [2.75, 3.05) is 25.0 Å². The second kappa shape index (κ2) is 9.79. The van der Waals surface area contributed by atoms with Gasteiger partial charge >= 0.3 is 0 Å². The van der Waals surface area contributed by atoms with Crippen LogP contribution in [0.25, 0.3) is 16.8 Å². The van der Waals surface area contributed by atoms with E-state index in [2.05, 4.69) is 67.8 Å². The summed E-state index contributed by atoms with van der Waals surface area (Å²) in [4.78, 5) is 21.1. The molecule has 180 valence electrons. The lowest BCUT2D eigenvalue weighted by atomic mass is 9.96. The Morgan fingerprint density at radius 2 is 1.94 bits per heavy atom. The standard InChI is InChI=1S/C31H35N3O/c1-5-15-34(16-14-24-10-12-27-21(2)6-11-28(27)22(24)3)20-23-7-13-29(32-19-23)25-8-9-26-18-31(35)33(4)30(26)17-25/h7-10,12-13,17,19H,2,5-6,11,14-16,18,20H2,1,3-4H3. The molecule has 0 atom stereocenters. The maximum atomic E-state index is 12.0. The number of pyridine rings is 1. The molecule has 3 aromatic rings. The SMILES string of the molecule is C=C1CCc2c1ccc(CCN(CCC)Cc1ccc(-c3ccc4c(c3)N(C)C(=O)C4)nc1)c2C. The van der Waals surface area contributed by atoms with Crippen molar-refractivity contribution < 1.29 is 4.79 Å². The van der Waals surface area contributed by atoms with Gasteiger partial charge in [-0.2, -0.15) is 0 Å². The van der Waals surface area contributed by atoms with Gasteiger partial charge in [0.05, 0.1) is 12.1 Å². The number of carbonyl (C=O) groups excluding carboxylic acids is 1. The summed E-state index contributed by atoms with van der Waals surface area (Å²) < 4.78 is 0. The number of amides is 1. The molecule has 0 saturated heterocycles. The first-order chi connectivity index (χ1) is 16.9. The van der Waals surface area contributed by atoms with E-state index < -0.39 is 0 Å². The summed E-state index contributed by atoms with van der Waals surface area (Å²) in [7, 11) is 1.84. The van der Waals surface area contributed by atoms with Crippen molar-refractivity contribution in [1.29, 1.82) is 0 Å². The first-order valence-electron chi connectivity index (χ1n) is 12.8. The maximum absolute atomic E-state index is 12.0. The number of fused-ring (bicyclic) bond motifs is 2. The zero-order valence-electron chi connectivity index (χ0n) is 21.2. The maximum Gasteiger partial charge on any atom is 0.231 e. The van der Waals surface area contributed by atoms with E-state index in [9.17, 15) is 4.79 Å². The molecule has 1 aromatic heterocycles.